The number of likely N-dealkylation sites (N-methyl/N-ethyl adjacent to an activating group) is 2. The summed E-state index contributed by atoms with van der Waals surface area (Å²) in [6, 6.07) is 5.03. The van der Waals surface area contributed by atoms with Crippen LogP contribution in [0.1, 0.15) is 44.2 Å². The van der Waals surface area contributed by atoms with Crippen molar-refractivity contribution in [3.8, 4) is 0 Å². The van der Waals surface area contributed by atoms with Crippen molar-refractivity contribution in [1.82, 2.24) is 10.2 Å². The average Bonchev–Trinajstić information content (AvgIpc) is 2.87. The fraction of sp³-hybridized carbons (Fsp3) is 0.625. The number of rotatable bonds is 5. The van der Waals surface area contributed by atoms with Crippen LogP contribution in [-0.2, 0) is 0 Å². The van der Waals surface area contributed by atoms with E-state index < -0.39 is 0 Å². The van der Waals surface area contributed by atoms with E-state index in [1.807, 2.05) is 6.07 Å². The van der Waals surface area contributed by atoms with Gasteiger partial charge in [0.15, 0.2) is 0 Å². The topological polar surface area (TPSA) is 15.3 Å². The zero-order chi connectivity index (χ0) is 14.8. The standard InChI is InChI=1S/C16H24ClFN2/c1-4-19-15(13-8-7-12(17)11-14(13)18)16(20(2)3)9-5-6-10-16/h7-8,11,15,19H,4-6,9-10H2,1-3H3. The van der Waals surface area contributed by atoms with E-state index >= 15 is 0 Å². The molecule has 0 amide bonds. The van der Waals surface area contributed by atoms with E-state index in [4.69, 9.17) is 11.6 Å². The monoisotopic (exact) mass is 298 g/mol. The molecule has 112 valence electrons. The van der Waals surface area contributed by atoms with Crippen LogP contribution in [0.15, 0.2) is 18.2 Å². The van der Waals surface area contributed by atoms with Crippen molar-refractivity contribution in [2.45, 2.75) is 44.2 Å². The second-order valence-corrected chi connectivity index (χ2v) is 6.30. The molecule has 2 nitrogen and oxygen atoms in total. The lowest BCUT2D eigenvalue weighted by Gasteiger charge is -2.44. The number of nitrogens with one attached hydrogen (secondary N) is 1. The highest BCUT2D eigenvalue weighted by Gasteiger charge is 2.44. The van der Waals surface area contributed by atoms with Gasteiger partial charge in [-0.2, -0.15) is 0 Å². The molecular formula is C16H24ClFN2. The predicted octanol–water partition coefficient (Wildman–Crippen LogP) is 4.00. The highest BCUT2D eigenvalue weighted by Crippen LogP contribution is 2.44. The van der Waals surface area contributed by atoms with Gasteiger partial charge in [-0.1, -0.05) is 37.4 Å². The summed E-state index contributed by atoms with van der Waals surface area (Å²) in [6.07, 6.45) is 4.60. The molecular weight excluding hydrogens is 275 g/mol. The molecule has 1 N–H and O–H groups in total. The molecule has 0 saturated heterocycles. The lowest BCUT2D eigenvalue weighted by molar-refractivity contribution is 0.103. The van der Waals surface area contributed by atoms with E-state index in [9.17, 15) is 4.39 Å². The summed E-state index contributed by atoms with van der Waals surface area (Å²) in [5.74, 6) is -0.212. The zero-order valence-electron chi connectivity index (χ0n) is 12.5. The Hall–Kier alpha value is -0.640. The Bertz CT molecular complexity index is 456. The Balaban J connectivity index is 2.44. The van der Waals surface area contributed by atoms with Gasteiger partial charge in [0.05, 0.1) is 6.04 Å². The molecule has 20 heavy (non-hydrogen) atoms. The van der Waals surface area contributed by atoms with Gasteiger partial charge in [0, 0.05) is 16.1 Å². The summed E-state index contributed by atoms with van der Waals surface area (Å²) in [6.45, 7) is 2.89. The maximum Gasteiger partial charge on any atom is 0.129 e. The van der Waals surface area contributed by atoms with Gasteiger partial charge in [-0.3, -0.25) is 0 Å². The molecule has 1 aliphatic rings. The number of nitrogens with zero attached hydrogens (tertiary/aromatic N) is 1. The molecule has 1 aromatic rings. The van der Waals surface area contributed by atoms with Crippen molar-refractivity contribution in [2.24, 2.45) is 0 Å². The summed E-state index contributed by atoms with van der Waals surface area (Å²) >= 11 is 5.88. The largest absolute Gasteiger partial charge is 0.309 e. The third-order valence-corrected chi connectivity index (χ3v) is 4.81. The normalized spacial score (nSPS) is 19.5. The highest BCUT2D eigenvalue weighted by atomic mass is 35.5. The van der Waals surface area contributed by atoms with Crippen molar-refractivity contribution in [2.75, 3.05) is 20.6 Å². The zero-order valence-corrected chi connectivity index (χ0v) is 13.3. The van der Waals surface area contributed by atoms with Crippen LogP contribution in [0, 0.1) is 5.82 Å². The molecule has 0 bridgehead atoms. The van der Waals surface area contributed by atoms with Crippen molar-refractivity contribution < 1.29 is 4.39 Å². The van der Waals surface area contributed by atoms with E-state index in [1.54, 1.807) is 6.07 Å². The van der Waals surface area contributed by atoms with Crippen LogP contribution < -0.4 is 5.32 Å². The van der Waals surface area contributed by atoms with E-state index in [-0.39, 0.29) is 17.4 Å². The number of hydrogen-bond donors (Lipinski definition) is 1. The highest BCUT2D eigenvalue weighted by molar-refractivity contribution is 6.30. The Morgan fingerprint density at radius 3 is 2.50 bits per heavy atom. The summed E-state index contributed by atoms with van der Waals surface area (Å²) in [5.41, 5.74) is 0.719. The first-order chi connectivity index (χ1) is 9.51. The lowest BCUT2D eigenvalue weighted by atomic mass is 9.82. The first-order valence-corrected chi connectivity index (χ1v) is 7.75. The minimum absolute atomic E-state index is 0.00210. The van der Waals surface area contributed by atoms with Gasteiger partial charge in [-0.15, -0.1) is 0 Å². The fourth-order valence-corrected chi connectivity index (χ4v) is 3.67. The number of hydrogen-bond acceptors (Lipinski definition) is 2. The van der Waals surface area contributed by atoms with Crippen LogP contribution in [0.3, 0.4) is 0 Å². The molecule has 2 rings (SSSR count). The molecule has 1 aliphatic carbocycles. The lowest BCUT2D eigenvalue weighted by Crippen LogP contribution is -2.52. The molecule has 1 fully saturated rings. The molecule has 0 heterocycles. The molecule has 0 aliphatic heterocycles. The molecule has 0 radical (unpaired) electrons. The van der Waals surface area contributed by atoms with Crippen LogP contribution >= 0.6 is 11.6 Å². The van der Waals surface area contributed by atoms with Crippen molar-refractivity contribution >= 4 is 11.6 Å². The Morgan fingerprint density at radius 2 is 2.00 bits per heavy atom. The molecule has 0 spiro atoms. The van der Waals surface area contributed by atoms with E-state index in [0.717, 1.165) is 24.9 Å². The minimum atomic E-state index is -0.212. The van der Waals surface area contributed by atoms with E-state index in [2.05, 4.69) is 31.2 Å². The molecule has 4 heteroatoms. The average molecular weight is 299 g/mol. The van der Waals surface area contributed by atoms with Crippen LogP contribution in [-0.4, -0.2) is 31.1 Å². The summed E-state index contributed by atoms with van der Waals surface area (Å²) in [7, 11) is 4.20. The van der Waals surface area contributed by atoms with Gasteiger partial charge in [0.2, 0.25) is 0 Å². The Labute approximate surface area is 126 Å². The first kappa shape index (κ1) is 15.7. The minimum Gasteiger partial charge on any atom is -0.309 e. The molecule has 1 unspecified atom stereocenters. The molecule has 0 aromatic heterocycles. The molecule has 1 aromatic carbocycles. The van der Waals surface area contributed by atoms with Crippen molar-refractivity contribution in [3.63, 3.8) is 0 Å². The summed E-state index contributed by atoms with van der Waals surface area (Å²) < 4.78 is 14.4. The molecule has 1 atom stereocenters. The van der Waals surface area contributed by atoms with E-state index in [1.165, 1.54) is 18.9 Å². The van der Waals surface area contributed by atoms with Crippen LogP contribution in [0.4, 0.5) is 4.39 Å². The summed E-state index contributed by atoms with van der Waals surface area (Å²) in [4.78, 5) is 2.27. The number of benzene rings is 1. The second-order valence-electron chi connectivity index (χ2n) is 5.86. The number of halogens is 2. The van der Waals surface area contributed by atoms with Crippen molar-refractivity contribution in [3.05, 3.63) is 34.6 Å². The van der Waals surface area contributed by atoms with Gasteiger partial charge in [0.1, 0.15) is 5.82 Å². The summed E-state index contributed by atoms with van der Waals surface area (Å²) in [5, 5.41) is 3.95. The van der Waals surface area contributed by atoms with Gasteiger partial charge in [0.25, 0.3) is 0 Å². The van der Waals surface area contributed by atoms with Gasteiger partial charge < -0.3 is 10.2 Å². The smallest absolute Gasteiger partial charge is 0.129 e. The van der Waals surface area contributed by atoms with Crippen LogP contribution in [0.2, 0.25) is 5.02 Å². The third-order valence-electron chi connectivity index (χ3n) is 4.58. The van der Waals surface area contributed by atoms with Crippen LogP contribution in [0.25, 0.3) is 0 Å². The third kappa shape index (κ3) is 2.85. The quantitative estimate of drug-likeness (QED) is 0.884. The van der Waals surface area contributed by atoms with Gasteiger partial charge in [-0.25, -0.2) is 4.39 Å². The fourth-order valence-electron chi connectivity index (χ4n) is 3.51. The van der Waals surface area contributed by atoms with Crippen molar-refractivity contribution in [1.29, 1.82) is 0 Å². The van der Waals surface area contributed by atoms with Gasteiger partial charge >= 0.3 is 0 Å². The Morgan fingerprint density at radius 1 is 1.35 bits per heavy atom. The van der Waals surface area contributed by atoms with E-state index in [0.29, 0.717) is 5.02 Å². The predicted molar refractivity (Wildman–Crippen MR) is 82.7 cm³/mol. The Kier molecular flexibility index (Phi) is 5.05. The SMILES string of the molecule is CCNC(c1ccc(Cl)cc1F)C1(N(C)C)CCCC1. The van der Waals surface area contributed by atoms with Crippen LogP contribution in [0.5, 0.6) is 0 Å². The maximum atomic E-state index is 14.4. The first-order valence-electron chi connectivity index (χ1n) is 7.37. The maximum absolute atomic E-state index is 14.4. The van der Waals surface area contributed by atoms with Gasteiger partial charge in [-0.05, 0) is 45.6 Å². The second kappa shape index (κ2) is 6.42. The molecule has 1 saturated carbocycles.